The summed E-state index contributed by atoms with van der Waals surface area (Å²) in [5.74, 6) is 0.222. The highest BCUT2D eigenvalue weighted by Gasteiger charge is 2.30. The minimum Gasteiger partial charge on any atom is -0.497 e. The van der Waals surface area contributed by atoms with Gasteiger partial charge in [0, 0.05) is 24.3 Å². The number of methoxy groups -OCH3 is 1. The van der Waals surface area contributed by atoms with Crippen molar-refractivity contribution in [3.8, 4) is 5.75 Å². The fraction of sp³-hybridized carbons (Fsp3) is 0.533. The highest BCUT2D eigenvalue weighted by Crippen LogP contribution is 2.29. The molecule has 0 saturated heterocycles. The van der Waals surface area contributed by atoms with Crippen LogP contribution in [0.1, 0.15) is 67.8 Å². The number of hydrogen-bond donors (Lipinski definition) is 3. The first kappa shape index (κ1) is 27.9. The molecule has 3 N–H and O–H groups in total. The highest BCUT2D eigenvalue weighted by molar-refractivity contribution is 5.97. The number of benzene rings is 2. The van der Waals surface area contributed by atoms with E-state index in [0.717, 1.165) is 30.5 Å². The number of nitrogens with zero attached hydrogens (tertiary/aromatic N) is 1. The van der Waals surface area contributed by atoms with Crippen LogP contribution in [0.3, 0.4) is 0 Å². The van der Waals surface area contributed by atoms with Crippen molar-refractivity contribution in [2.24, 2.45) is 5.92 Å². The van der Waals surface area contributed by atoms with Crippen molar-refractivity contribution in [1.29, 1.82) is 0 Å². The van der Waals surface area contributed by atoms with Gasteiger partial charge in [0.2, 0.25) is 5.91 Å². The molecule has 0 radical (unpaired) electrons. The lowest BCUT2D eigenvalue weighted by Gasteiger charge is -2.30. The van der Waals surface area contributed by atoms with Gasteiger partial charge in [-0.2, -0.15) is 0 Å². The van der Waals surface area contributed by atoms with E-state index in [1.807, 2.05) is 0 Å². The van der Waals surface area contributed by atoms with Crippen molar-refractivity contribution in [1.82, 2.24) is 10.6 Å². The molecule has 0 aromatic heterocycles. The van der Waals surface area contributed by atoms with Crippen LogP contribution >= 0.6 is 0 Å². The Labute approximate surface area is 224 Å². The molecule has 1 aliphatic heterocycles. The minimum atomic E-state index is -0.809. The molecular formula is C30H40FN3O4. The van der Waals surface area contributed by atoms with Crippen LogP contribution in [0.5, 0.6) is 5.75 Å². The van der Waals surface area contributed by atoms with Gasteiger partial charge in [0.25, 0.3) is 5.91 Å². The number of aliphatic hydroxyl groups excluding tert-OH is 1. The molecule has 7 nitrogen and oxygen atoms in total. The number of ether oxygens (including phenoxy) is 1. The number of rotatable bonds is 11. The second-order valence-corrected chi connectivity index (χ2v) is 10.7. The van der Waals surface area contributed by atoms with Crippen molar-refractivity contribution in [3.63, 3.8) is 0 Å². The number of aliphatic hydroxyl groups is 1. The molecule has 8 heteroatoms. The van der Waals surface area contributed by atoms with E-state index in [1.165, 1.54) is 25.3 Å². The van der Waals surface area contributed by atoms with Gasteiger partial charge in [-0.3, -0.25) is 9.59 Å². The first-order valence-corrected chi connectivity index (χ1v) is 13.8. The lowest BCUT2D eigenvalue weighted by atomic mass is 9.85. The Morgan fingerprint density at radius 1 is 1.13 bits per heavy atom. The number of anilines is 1. The molecular weight excluding hydrogens is 485 g/mol. The largest absolute Gasteiger partial charge is 0.497 e. The average molecular weight is 526 g/mol. The maximum atomic E-state index is 13.7. The van der Waals surface area contributed by atoms with E-state index in [0.29, 0.717) is 43.2 Å². The van der Waals surface area contributed by atoms with Crippen molar-refractivity contribution in [2.45, 2.75) is 76.5 Å². The summed E-state index contributed by atoms with van der Waals surface area (Å²) in [6, 6.07) is 10.3. The lowest BCUT2D eigenvalue weighted by Crippen LogP contribution is -2.55. The van der Waals surface area contributed by atoms with Gasteiger partial charge in [0.1, 0.15) is 17.6 Å². The summed E-state index contributed by atoms with van der Waals surface area (Å²) < 4.78 is 18.9. The standard InChI is InChI=1S/C30H40FN3O4/c1-20(35)27(19-34-16-15-22-17-24(31)12-14-28(22)34)33-30(37)26(13-11-21-7-4-3-5-8-21)32-29(36)23-9-6-10-25(18-23)38-2/h6,9-10,12,14,17-18,20-21,26-27,35H,3-5,7-8,11,13,15-16,19H2,1-2H3,(H,32,36)(H,33,37)/t20-,26+,27-/m1/s1. The van der Waals surface area contributed by atoms with Crippen molar-refractivity contribution in [3.05, 3.63) is 59.4 Å². The normalized spacial score (nSPS) is 17.8. The Kier molecular flexibility index (Phi) is 9.61. The first-order valence-electron chi connectivity index (χ1n) is 13.8. The number of hydrogen-bond acceptors (Lipinski definition) is 5. The molecule has 1 saturated carbocycles. The zero-order valence-corrected chi connectivity index (χ0v) is 22.4. The monoisotopic (exact) mass is 525 g/mol. The predicted octanol–water partition coefficient (Wildman–Crippen LogP) is 4.22. The predicted molar refractivity (Wildman–Crippen MR) is 146 cm³/mol. The Balaban J connectivity index is 1.45. The van der Waals surface area contributed by atoms with E-state index in [4.69, 9.17) is 4.74 Å². The van der Waals surface area contributed by atoms with E-state index in [2.05, 4.69) is 15.5 Å². The molecule has 1 heterocycles. The van der Waals surface area contributed by atoms with Crippen LogP contribution < -0.4 is 20.3 Å². The highest BCUT2D eigenvalue weighted by atomic mass is 19.1. The topological polar surface area (TPSA) is 90.9 Å². The Morgan fingerprint density at radius 3 is 2.66 bits per heavy atom. The van der Waals surface area contributed by atoms with Gasteiger partial charge in [-0.05, 0) is 74.1 Å². The van der Waals surface area contributed by atoms with Crippen molar-refractivity contribution >= 4 is 17.5 Å². The third-order valence-electron chi connectivity index (χ3n) is 7.90. The van der Waals surface area contributed by atoms with Crippen molar-refractivity contribution in [2.75, 3.05) is 25.1 Å². The molecule has 2 aliphatic rings. The third kappa shape index (κ3) is 7.25. The number of carbonyl (C=O) groups excluding carboxylic acids is 2. The summed E-state index contributed by atoms with van der Waals surface area (Å²) in [4.78, 5) is 28.7. The van der Waals surface area contributed by atoms with E-state index in [-0.39, 0.29) is 17.6 Å². The number of carbonyl (C=O) groups is 2. The first-order chi connectivity index (χ1) is 18.3. The molecule has 2 aromatic carbocycles. The fourth-order valence-electron chi connectivity index (χ4n) is 5.62. The molecule has 2 aromatic rings. The van der Waals surface area contributed by atoms with E-state index >= 15 is 0 Å². The molecule has 1 aliphatic carbocycles. The van der Waals surface area contributed by atoms with Gasteiger partial charge in [-0.25, -0.2) is 4.39 Å². The summed E-state index contributed by atoms with van der Waals surface area (Å²) in [5, 5.41) is 16.5. The second kappa shape index (κ2) is 13.1. The Morgan fingerprint density at radius 2 is 1.92 bits per heavy atom. The van der Waals surface area contributed by atoms with Crippen LogP contribution in [0.15, 0.2) is 42.5 Å². The van der Waals surface area contributed by atoms with Crippen LogP contribution in [0.4, 0.5) is 10.1 Å². The summed E-state index contributed by atoms with van der Waals surface area (Å²) in [6.45, 7) is 2.73. The summed E-state index contributed by atoms with van der Waals surface area (Å²) in [5.41, 5.74) is 2.27. The smallest absolute Gasteiger partial charge is 0.252 e. The summed E-state index contributed by atoms with van der Waals surface area (Å²) in [6.07, 6.45) is 7.30. The van der Waals surface area contributed by atoms with Gasteiger partial charge in [-0.1, -0.05) is 38.2 Å². The average Bonchev–Trinajstić information content (AvgIpc) is 3.32. The quantitative estimate of drug-likeness (QED) is 0.409. The molecule has 0 spiro atoms. The Hall–Kier alpha value is -3.13. The minimum absolute atomic E-state index is 0.265. The number of halogens is 1. The lowest BCUT2D eigenvalue weighted by molar-refractivity contribution is -0.124. The SMILES string of the molecule is COc1cccc(C(=O)N[C@@H](CCC2CCCCC2)C(=O)N[C@H](CN2CCc3cc(F)ccc32)[C@@H](C)O)c1. The molecule has 38 heavy (non-hydrogen) atoms. The van der Waals surface area contributed by atoms with Gasteiger partial charge >= 0.3 is 0 Å². The van der Waals surface area contributed by atoms with Gasteiger partial charge < -0.3 is 25.4 Å². The van der Waals surface area contributed by atoms with Crippen LogP contribution in [0.2, 0.25) is 0 Å². The van der Waals surface area contributed by atoms with Crippen molar-refractivity contribution < 1.29 is 23.8 Å². The summed E-state index contributed by atoms with van der Waals surface area (Å²) in [7, 11) is 1.54. The van der Waals surface area contributed by atoms with E-state index in [9.17, 15) is 19.1 Å². The van der Waals surface area contributed by atoms with Crippen LogP contribution in [0.25, 0.3) is 0 Å². The van der Waals surface area contributed by atoms with Gasteiger partial charge in [0.15, 0.2) is 0 Å². The zero-order chi connectivity index (χ0) is 27.1. The zero-order valence-electron chi connectivity index (χ0n) is 22.4. The van der Waals surface area contributed by atoms with E-state index < -0.39 is 18.2 Å². The van der Waals surface area contributed by atoms with Crippen LogP contribution in [-0.2, 0) is 11.2 Å². The molecule has 206 valence electrons. The number of fused-ring (bicyclic) bond motifs is 1. The van der Waals surface area contributed by atoms with Gasteiger partial charge in [-0.15, -0.1) is 0 Å². The maximum Gasteiger partial charge on any atom is 0.252 e. The Bertz CT molecular complexity index is 1100. The third-order valence-corrected chi connectivity index (χ3v) is 7.90. The molecule has 2 amide bonds. The summed E-state index contributed by atoms with van der Waals surface area (Å²) >= 11 is 0. The van der Waals surface area contributed by atoms with Gasteiger partial charge in [0.05, 0.1) is 19.3 Å². The molecule has 3 atom stereocenters. The van der Waals surface area contributed by atoms with Crippen LogP contribution in [0, 0.1) is 11.7 Å². The molecule has 0 unspecified atom stereocenters. The molecule has 1 fully saturated rings. The number of amides is 2. The second-order valence-electron chi connectivity index (χ2n) is 10.7. The fourth-order valence-corrected chi connectivity index (χ4v) is 5.62. The van der Waals surface area contributed by atoms with E-state index in [1.54, 1.807) is 50.4 Å². The molecule has 0 bridgehead atoms. The number of nitrogens with one attached hydrogen (secondary N) is 2. The van der Waals surface area contributed by atoms with Crippen LogP contribution in [-0.4, -0.2) is 55.3 Å². The molecule has 4 rings (SSSR count). The maximum absolute atomic E-state index is 13.7.